The van der Waals surface area contributed by atoms with E-state index in [1.54, 1.807) is 12.3 Å². The van der Waals surface area contributed by atoms with Crippen LogP contribution in [0.15, 0.2) is 18.5 Å². The number of hydrazine groups is 1. The highest BCUT2D eigenvalue weighted by Crippen LogP contribution is 2.16. The van der Waals surface area contributed by atoms with Gasteiger partial charge in [-0.15, -0.1) is 0 Å². The third-order valence-corrected chi connectivity index (χ3v) is 2.22. The number of nitrogens with one attached hydrogen (secondary N) is 1. The molecule has 2 heterocycles. The Hall–Kier alpha value is -1.95. The minimum Gasteiger partial charge on any atom is -0.308 e. The van der Waals surface area contributed by atoms with E-state index in [9.17, 15) is 0 Å². The second-order valence-corrected chi connectivity index (χ2v) is 3.45. The smallest absolute Gasteiger partial charge is 0.164 e. The van der Waals surface area contributed by atoms with E-state index >= 15 is 0 Å². The van der Waals surface area contributed by atoms with Crippen LogP contribution in [0.3, 0.4) is 0 Å². The molecule has 3 N–H and O–H groups in total. The van der Waals surface area contributed by atoms with Crippen molar-refractivity contribution in [1.82, 2.24) is 19.7 Å². The van der Waals surface area contributed by atoms with E-state index in [4.69, 9.17) is 5.84 Å². The van der Waals surface area contributed by atoms with Crippen LogP contribution in [0.4, 0.5) is 5.82 Å². The molecule has 84 valence electrons. The minimum atomic E-state index is 0.603. The zero-order valence-electron chi connectivity index (χ0n) is 9.31. The number of rotatable bonds is 3. The molecule has 2 aromatic heterocycles. The van der Waals surface area contributed by atoms with Gasteiger partial charge in [0.2, 0.25) is 0 Å². The maximum atomic E-state index is 5.34. The molecule has 2 rings (SSSR count). The van der Waals surface area contributed by atoms with Crippen molar-refractivity contribution in [2.75, 3.05) is 5.43 Å². The van der Waals surface area contributed by atoms with Crippen molar-refractivity contribution in [2.24, 2.45) is 5.84 Å². The molecule has 0 spiro atoms. The fraction of sp³-hybridized carbons (Fsp3) is 0.300. The molecule has 0 aliphatic rings. The van der Waals surface area contributed by atoms with Gasteiger partial charge >= 0.3 is 0 Å². The minimum absolute atomic E-state index is 0.603. The van der Waals surface area contributed by atoms with Gasteiger partial charge in [-0.25, -0.2) is 15.8 Å². The van der Waals surface area contributed by atoms with E-state index in [0.29, 0.717) is 11.6 Å². The number of anilines is 1. The maximum Gasteiger partial charge on any atom is 0.164 e. The highest BCUT2D eigenvalue weighted by Gasteiger charge is 2.06. The van der Waals surface area contributed by atoms with Crippen molar-refractivity contribution < 1.29 is 0 Å². The molecular weight excluding hydrogens is 204 g/mol. The van der Waals surface area contributed by atoms with Crippen LogP contribution in [-0.4, -0.2) is 19.7 Å². The Balaban J connectivity index is 2.42. The summed E-state index contributed by atoms with van der Waals surface area (Å²) in [6.45, 7) is 4.75. The summed E-state index contributed by atoms with van der Waals surface area (Å²) < 4.78 is 1.83. The predicted octanol–water partition coefficient (Wildman–Crippen LogP) is 0.954. The van der Waals surface area contributed by atoms with Gasteiger partial charge in [-0.05, 0) is 13.8 Å². The number of aryl methyl sites for hydroxylation is 2. The first-order valence-corrected chi connectivity index (χ1v) is 5.08. The standard InChI is InChI=1S/C10H14N6/c1-3-16-6-8(5-12-16)10-13-7(2)4-9(14-10)15-11/h4-6H,3,11H2,1-2H3,(H,13,14,15). The van der Waals surface area contributed by atoms with E-state index in [1.165, 1.54) is 0 Å². The van der Waals surface area contributed by atoms with Crippen LogP contribution in [0.25, 0.3) is 11.4 Å². The van der Waals surface area contributed by atoms with Crippen molar-refractivity contribution >= 4 is 5.82 Å². The molecular formula is C10H14N6. The van der Waals surface area contributed by atoms with Gasteiger partial charge in [-0.1, -0.05) is 0 Å². The highest BCUT2D eigenvalue weighted by atomic mass is 15.3. The van der Waals surface area contributed by atoms with E-state index < -0.39 is 0 Å². The Morgan fingerprint density at radius 1 is 1.44 bits per heavy atom. The van der Waals surface area contributed by atoms with Crippen LogP contribution in [-0.2, 0) is 6.54 Å². The first-order chi connectivity index (χ1) is 7.72. The third-order valence-electron chi connectivity index (χ3n) is 2.22. The fourth-order valence-corrected chi connectivity index (χ4v) is 1.42. The van der Waals surface area contributed by atoms with Crippen molar-refractivity contribution in [3.63, 3.8) is 0 Å². The zero-order chi connectivity index (χ0) is 11.5. The summed E-state index contributed by atoms with van der Waals surface area (Å²) in [6.07, 6.45) is 3.66. The Morgan fingerprint density at radius 2 is 2.25 bits per heavy atom. The van der Waals surface area contributed by atoms with Crippen LogP contribution >= 0.6 is 0 Å². The molecule has 6 nitrogen and oxygen atoms in total. The largest absolute Gasteiger partial charge is 0.308 e. The molecule has 0 bridgehead atoms. The number of hydrogen-bond acceptors (Lipinski definition) is 5. The van der Waals surface area contributed by atoms with Gasteiger partial charge in [-0.3, -0.25) is 4.68 Å². The van der Waals surface area contributed by atoms with E-state index in [0.717, 1.165) is 17.8 Å². The number of nitrogens with zero attached hydrogens (tertiary/aromatic N) is 4. The van der Waals surface area contributed by atoms with Gasteiger partial charge in [0.1, 0.15) is 5.82 Å². The zero-order valence-corrected chi connectivity index (χ0v) is 9.31. The Kier molecular flexibility index (Phi) is 2.82. The molecule has 2 aromatic rings. The van der Waals surface area contributed by atoms with Crippen molar-refractivity contribution in [1.29, 1.82) is 0 Å². The molecule has 0 amide bonds. The Labute approximate surface area is 93.5 Å². The monoisotopic (exact) mass is 218 g/mol. The molecule has 0 aliphatic carbocycles. The number of nitrogen functional groups attached to an aromatic ring is 1. The summed E-state index contributed by atoms with van der Waals surface area (Å²) >= 11 is 0. The molecule has 0 unspecified atom stereocenters. The summed E-state index contributed by atoms with van der Waals surface area (Å²) in [5, 5.41) is 4.18. The van der Waals surface area contributed by atoms with Crippen LogP contribution in [0.2, 0.25) is 0 Å². The molecule has 0 atom stereocenters. The van der Waals surface area contributed by atoms with Gasteiger partial charge < -0.3 is 5.43 Å². The van der Waals surface area contributed by atoms with Crippen molar-refractivity contribution in [2.45, 2.75) is 20.4 Å². The summed E-state index contributed by atoms with van der Waals surface area (Å²) in [7, 11) is 0. The van der Waals surface area contributed by atoms with Crippen LogP contribution < -0.4 is 11.3 Å². The topological polar surface area (TPSA) is 81.7 Å². The average molecular weight is 218 g/mol. The molecule has 0 saturated heterocycles. The summed E-state index contributed by atoms with van der Waals surface area (Å²) in [5.41, 5.74) is 4.27. The van der Waals surface area contributed by atoms with Gasteiger partial charge in [-0.2, -0.15) is 5.10 Å². The number of hydrogen-bond donors (Lipinski definition) is 2. The number of nitrogens with two attached hydrogens (primary N) is 1. The molecule has 0 aromatic carbocycles. The second kappa shape index (κ2) is 4.28. The first kappa shape index (κ1) is 10.6. The second-order valence-electron chi connectivity index (χ2n) is 3.45. The predicted molar refractivity (Wildman–Crippen MR) is 61.5 cm³/mol. The molecule has 0 fully saturated rings. The molecule has 0 aliphatic heterocycles. The lowest BCUT2D eigenvalue weighted by atomic mass is 10.3. The van der Waals surface area contributed by atoms with E-state index in [2.05, 4.69) is 20.5 Å². The first-order valence-electron chi connectivity index (χ1n) is 5.08. The fourth-order valence-electron chi connectivity index (χ4n) is 1.42. The summed E-state index contributed by atoms with van der Waals surface area (Å²) in [6, 6.07) is 1.79. The van der Waals surface area contributed by atoms with Crippen LogP contribution in [0.5, 0.6) is 0 Å². The molecule has 0 saturated carbocycles. The van der Waals surface area contributed by atoms with Gasteiger partial charge in [0, 0.05) is 24.5 Å². The lowest BCUT2D eigenvalue weighted by Gasteiger charge is -2.03. The van der Waals surface area contributed by atoms with E-state index in [1.807, 2.05) is 24.7 Å². The normalized spacial score (nSPS) is 10.4. The van der Waals surface area contributed by atoms with Crippen LogP contribution in [0.1, 0.15) is 12.6 Å². The third kappa shape index (κ3) is 2.01. The molecule has 0 radical (unpaired) electrons. The van der Waals surface area contributed by atoms with E-state index in [-0.39, 0.29) is 0 Å². The van der Waals surface area contributed by atoms with Crippen molar-refractivity contribution in [3.8, 4) is 11.4 Å². The lowest BCUT2D eigenvalue weighted by Crippen LogP contribution is -2.09. The summed E-state index contributed by atoms with van der Waals surface area (Å²) in [5.74, 6) is 6.57. The average Bonchev–Trinajstić information content (AvgIpc) is 2.76. The summed E-state index contributed by atoms with van der Waals surface area (Å²) in [4.78, 5) is 8.61. The quantitative estimate of drug-likeness (QED) is 0.592. The molecule has 6 heteroatoms. The van der Waals surface area contributed by atoms with Crippen LogP contribution in [0, 0.1) is 6.92 Å². The van der Waals surface area contributed by atoms with Gasteiger partial charge in [0.15, 0.2) is 5.82 Å². The Morgan fingerprint density at radius 3 is 2.88 bits per heavy atom. The molecule has 16 heavy (non-hydrogen) atoms. The van der Waals surface area contributed by atoms with Gasteiger partial charge in [0.05, 0.1) is 11.8 Å². The Bertz CT molecular complexity index is 490. The lowest BCUT2D eigenvalue weighted by molar-refractivity contribution is 0.660. The number of aromatic nitrogens is 4. The van der Waals surface area contributed by atoms with Crippen molar-refractivity contribution in [3.05, 3.63) is 24.2 Å². The highest BCUT2D eigenvalue weighted by molar-refractivity contribution is 5.55. The SMILES string of the molecule is CCn1cc(-c2nc(C)cc(NN)n2)cn1. The van der Waals surface area contributed by atoms with Gasteiger partial charge in [0.25, 0.3) is 0 Å². The maximum absolute atomic E-state index is 5.34.